The van der Waals surface area contributed by atoms with Gasteiger partial charge in [-0.15, -0.1) is 0 Å². The summed E-state index contributed by atoms with van der Waals surface area (Å²) in [6, 6.07) is 0. The normalized spacial score (nSPS) is 8.12. The third-order valence-corrected chi connectivity index (χ3v) is 1.32. The second-order valence-corrected chi connectivity index (χ2v) is 1.82. The van der Waals surface area contributed by atoms with Crippen LogP contribution in [0.1, 0.15) is 13.3 Å². The van der Waals surface area contributed by atoms with E-state index in [4.69, 9.17) is 5.11 Å². The molecule has 0 bridgehead atoms. The number of carboxylic acids is 1. The Bertz CT molecular complexity index is 145. The fourth-order valence-corrected chi connectivity index (χ4v) is 0.435. The summed E-state index contributed by atoms with van der Waals surface area (Å²) in [6.45, 7) is 1.63. The second-order valence-electron chi connectivity index (χ2n) is 1.17. The van der Waals surface area contributed by atoms with Crippen LogP contribution in [0.4, 0.5) is 0 Å². The molecule has 0 aromatic carbocycles. The largest absolute Gasteiger partial charge is 0.477 e. The minimum Gasteiger partial charge on any atom is -0.477 e. The van der Waals surface area contributed by atoms with E-state index in [9.17, 15) is 9.00 Å². The topological polar surface area (TPSA) is 54.4 Å². The van der Waals surface area contributed by atoms with Crippen molar-refractivity contribution in [2.45, 2.75) is 13.3 Å². The zero-order chi connectivity index (χ0) is 6.57. The van der Waals surface area contributed by atoms with E-state index >= 15 is 0 Å². The molecule has 3 nitrogen and oxygen atoms in total. The summed E-state index contributed by atoms with van der Waals surface area (Å²) < 4.78 is 9.80. The molecular weight excluding hydrogens is 128 g/mol. The maximum atomic E-state index is 9.90. The van der Waals surface area contributed by atoms with Crippen molar-refractivity contribution in [2.75, 3.05) is 0 Å². The van der Waals surface area contributed by atoms with Gasteiger partial charge in [-0.3, -0.25) is 0 Å². The number of hydrogen-bond acceptors (Lipinski definition) is 2. The highest BCUT2D eigenvalue weighted by Gasteiger charge is 2.02. The highest BCUT2D eigenvalue weighted by Crippen LogP contribution is 1.78. The standard InChI is InChI=1S/C4H6O3S/c1-2-3(8-7)4(5)6/h2H2,1H3,(H,5,6). The molecule has 0 atom stereocenters. The molecular formula is C4H6O3S. The lowest BCUT2D eigenvalue weighted by Gasteiger charge is -1.84. The molecule has 0 amide bonds. The molecule has 4 heteroatoms. The minimum absolute atomic E-state index is 0.0370. The van der Waals surface area contributed by atoms with Gasteiger partial charge < -0.3 is 5.11 Å². The van der Waals surface area contributed by atoms with Crippen LogP contribution < -0.4 is 0 Å². The first-order valence-electron chi connectivity index (χ1n) is 2.11. The number of carbonyl (C=O) groups is 1. The molecule has 0 aliphatic rings. The summed E-state index contributed by atoms with van der Waals surface area (Å²) in [6.07, 6.45) is 0.309. The van der Waals surface area contributed by atoms with Gasteiger partial charge in [-0.1, -0.05) is 6.92 Å². The van der Waals surface area contributed by atoms with Gasteiger partial charge >= 0.3 is 5.97 Å². The first-order valence-corrected chi connectivity index (χ1v) is 2.85. The van der Waals surface area contributed by atoms with Crippen molar-refractivity contribution < 1.29 is 14.1 Å². The molecule has 0 aliphatic heterocycles. The number of rotatable bonds is 2. The van der Waals surface area contributed by atoms with Gasteiger partial charge in [0.2, 0.25) is 0 Å². The summed E-state index contributed by atoms with van der Waals surface area (Å²) in [5, 5.41) is 8.12. The van der Waals surface area contributed by atoms with Gasteiger partial charge in [0.1, 0.15) is 4.86 Å². The maximum Gasteiger partial charge on any atom is 0.344 e. The van der Waals surface area contributed by atoms with E-state index in [1.54, 1.807) is 6.92 Å². The first-order chi connectivity index (χ1) is 3.72. The summed E-state index contributed by atoms with van der Waals surface area (Å²) in [5.41, 5.74) is 0. The Morgan fingerprint density at radius 1 is 1.75 bits per heavy atom. The van der Waals surface area contributed by atoms with Crippen LogP contribution in [0.25, 0.3) is 0 Å². The quantitative estimate of drug-likeness (QED) is 0.535. The van der Waals surface area contributed by atoms with Gasteiger partial charge in [0.05, 0.1) is 11.3 Å². The minimum atomic E-state index is -1.10. The summed E-state index contributed by atoms with van der Waals surface area (Å²) >= 11 is 0.0451. The molecule has 0 radical (unpaired) electrons. The van der Waals surface area contributed by atoms with Crippen molar-refractivity contribution >= 4 is 22.1 Å². The molecule has 46 valence electrons. The van der Waals surface area contributed by atoms with Crippen LogP contribution in [0.15, 0.2) is 0 Å². The van der Waals surface area contributed by atoms with Crippen LogP contribution in [-0.4, -0.2) is 20.1 Å². The Morgan fingerprint density at radius 2 is 2.25 bits per heavy atom. The molecule has 0 fully saturated rings. The van der Waals surface area contributed by atoms with Crippen molar-refractivity contribution in [3.8, 4) is 0 Å². The molecule has 1 N–H and O–H groups in total. The fraction of sp³-hybridized carbons (Fsp3) is 0.500. The van der Waals surface area contributed by atoms with Gasteiger partial charge in [0, 0.05) is 0 Å². The van der Waals surface area contributed by atoms with E-state index in [-0.39, 0.29) is 16.1 Å². The average molecular weight is 134 g/mol. The van der Waals surface area contributed by atoms with Crippen LogP contribution in [-0.2, 0) is 16.1 Å². The zero-order valence-corrected chi connectivity index (χ0v) is 5.20. The average Bonchev–Trinajstić information content (AvgIpc) is 1.69. The Hall–Kier alpha value is -0.640. The lowest BCUT2D eigenvalue weighted by Crippen LogP contribution is -2.10. The van der Waals surface area contributed by atoms with Crippen LogP contribution in [0, 0.1) is 0 Å². The highest BCUT2D eigenvalue weighted by molar-refractivity contribution is 7.68. The van der Waals surface area contributed by atoms with Crippen molar-refractivity contribution in [3.05, 3.63) is 0 Å². The van der Waals surface area contributed by atoms with Gasteiger partial charge in [-0.25, -0.2) is 9.00 Å². The molecule has 0 spiro atoms. The van der Waals surface area contributed by atoms with Gasteiger partial charge in [-0.05, 0) is 6.42 Å². The molecule has 8 heavy (non-hydrogen) atoms. The molecule has 0 rings (SSSR count). The van der Waals surface area contributed by atoms with Gasteiger partial charge in [-0.2, -0.15) is 0 Å². The van der Waals surface area contributed by atoms with Gasteiger partial charge in [0.15, 0.2) is 0 Å². The predicted molar refractivity (Wildman–Crippen MR) is 31.1 cm³/mol. The SMILES string of the molecule is CCC(=S=O)C(=O)O. The smallest absolute Gasteiger partial charge is 0.344 e. The van der Waals surface area contributed by atoms with E-state index in [1.807, 2.05) is 0 Å². The Kier molecular flexibility index (Phi) is 3.10. The van der Waals surface area contributed by atoms with E-state index in [0.29, 0.717) is 6.42 Å². The third kappa shape index (κ3) is 1.88. The van der Waals surface area contributed by atoms with Crippen LogP contribution >= 0.6 is 0 Å². The molecule has 0 saturated heterocycles. The Morgan fingerprint density at radius 3 is 2.25 bits per heavy atom. The monoisotopic (exact) mass is 134 g/mol. The van der Waals surface area contributed by atoms with Crippen molar-refractivity contribution in [1.29, 1.82) is 0 Å². The summed E-state index contributed by atoms with van der Waals surface area (Å²) in [4.78, 5) is 9.87. The van der Waals surface area contributed by atoms with Crippen LogP contribution in [0.5, 0.6) is 0 Å². The van der Waals surface area contributed by atoms with Crippen molar-refractivity contribution in [2.24, 2.45) is 0 Å². The van der Waals surface area contributed by atoms with E-state index in [2.05, 4.69) is 0 Å². The van der Waals surface area contributed by atoms with Crippen molar-refractivity contribution in [1.82, 2.24) is 0 Å². The Balaban J connectivity index is 4.14. The lowest BCUT2D eigenvalue weighted by atomic mass is 10.3. The number of carboxylic acid groups (broad SMARTS) is 1. The summed E-state index contributed by atoms with van der Waals surface area (Å²) in [7, 11) is 0. The van der Waals surface area contributed by atoms with E-state index < -0.39 is 5.97 Å². The lowest BCUT2D eigenvalue weighted by molar-refractivity contribution is -0.129. The van der Waals surface area contributed by atoms with E-state index in [0.717, 1.165) is 0 Å². The van der Waals surface area contributed by atoms with E-state index in [1.165, 1.54) is 0 Å². The maximum absolute atomic E-state index is 9.90. The Labute approximate surface area is 50.4 Å². The highest BCUT2D eigenvalue weighted by atomic mass is 32.1. The molecule has 0 aromatic heterocycles. The molecule has 0 aliphatic carbocycles. The molecule has 0 heterocycles. The van der Waals surface area contributed by atoms with Crippen LogP contribution in [0.2, 0.25) is 0 Å². The number of hydrogen-bond donors (Lipinski definition) is 1. The zero-order valence-electron chi connectivity index (χ0n) is 4.38. The third-order valence-electron chi connectivity index (χ3n) is 0.660. The van der Waals surface area contributed by atoms with Crippen molar-refractivity contribution in [3.63, 3.8) is 0 Å². The predicted octanol–water partition coefficient (Wildman–Crippen LogP) is -0.134. The van der Waals surface area contributed by atoms with Gasteiger partial charge in [0.25, 0.3) is 0 Å². The number of aliphatic carboxylic acids is 1. The van der Waals surface area contributed by atoms with Crippen LogP contribution in [0.3, 0.4) is 0 Å². The molecule has 0 unspecified atom stereocenters. The molecule has 0 aromatic rings. The first kappa shape index (κ1) is 7.36. The fourth-order valence-electron chi connectivity index (χ4n) is 0.246. The molecule has 0 saturated carbocycles. The second kappa shape index (κ2) is 3.37. The summed E-state index contributed by atoms with van der Waals surface area (Å²) in [5.74, 6) is -1.10.